The van der Waals surface area contributed by atoms with E-state index < -0.39 is 57.5 Å². The number of hydrogen-bond donors (Lipinski definition) is 4. The number of hydrogen-bond acceptors (Lipinski definition) is 8. The molecule has 240 valence electrons. The summed E-state index contributed by atoms with van der Waals surface area (Å²) in [5, 5.41) is 15.9. The molecule has 1 saturated heterocycles. The predicted molar refractivity (Wildman–Crippen MR) is 160 cm³/mol. The summed E-state index contributed by atoms with van der Waals surface area (Å²) < 4.78 is 56.0. The molecule has 2 aliphatic rings. The van der Waals surface area contributed by atoms with E-state index in [4.69, 9.17) is 15.2 Å². The first-order valence-electron chi connectivity index (χ1n) is 14.6. The van der Waals surface area contributed by atoms with Gasteiger partial charge in [0.2, 0.25) is 0 Å². The van der Waals surface area contributed by atoms with Crippen LogP contribution < -0.4 is 16.4 Å². The van der Waals surface area contributed by atoms with Gasteiger partial charge in [-0.25, -0.2) is 22.9 Å². The Bertz CT molecular complexity index is 1600. The number of benzene rings is 1. The largest absolute Gasteiger partial charge is 0.446 e. The smallest absolute Gasteiger partial charge is 0.407 e. The number of amides is 2. The maximum atomic E-state index is 15.2. The van der Waals surface area contributed by atoms with Gasteiger partial charge in [0.15, 0.2) is 11.5 Å². The van der Waals surface area contributed by atoms with Gasteiger partial charge in [0.25, 0.3) is 5.91 Å². The zero-order chi connectivity index (χ0) is 32.7. The van der Waals surface area contributed by atoms with Crippen molar-refractivity contribution < 1.29 is 37.3 Å². The van der Waals surface area contributed by atoms with Crippen LogP contribution in [0.25, 0.3) is 11.3 Å². The zero-order valence-corrected chi connectivity index (χ0v) is 25.4. The number of carbonyl (C=O) groups excluding carboxylic acids is 2. The van der Waals surface area contributed by atoms with E-state index in [-0.39, 0.29) is 42.4 Å². The summed E-state index contributed by atoms with van der Waals surface area (Å²) in [5.74, 6) is -4.24. The minimum Gasteiger partial charge on any atom is -0.446 e. The summed E-state index contributed by atoms with van der Waals surface area (Å²) in [6, 6.07) is 4.30. The van der Waals surface area contributed by atoms with Crippen LogP contribution in [0.1, 0.15) is 74.5 Å². The highest BCUT2D eigenvalue weighted by Gasteiger charge is 2.39. The summed E-state index contributed by atoms with van der Waals surface area (Å²) in [7, 11) is 0. The van der Waals surface area contributed by atoms with Crippen LogP contribution in [0, 0.1) is 23.4 Å². The van der Waals surface area contributed by atoms with Gasteiger partial charge in [0.1, 0.15) is 29.0 Å². The van der Waals surface area contributed by atoms with Crippen LogP contribution in [0.5, 0.6) is 0 Å². The lowest BCUT2D eigenvalue weighted by atomic mass is 9.77. The van der Waals surface area contributed by atoms with Crippen LogP contribution >= 0.6 is 0 Å². The van der Waals surface area contributed by atoms with Crippen molar-refractivity contribution >= 4 is 23.4 Å². The molecule has 0 unspecified atom stereocenters. The summed E-state index contributed by atoms with van der Waals surface area (Å²) >= 11 is 0. The first-order chi connectivity index (χ1) is 21.1. The van der Waals surface area contributed by atoms with Gasteiger partial charge in [-0.2, -0.15) is 0 Å². The van der Waals surface area contributed by atoms with E-state index in [0.717, 1.165) is 30.2 Å². The molecular formula is C32H36F3N5O5. The standard InChI is InChI=1S/C32H36F3N5O5/c1-16-7-17(9-19(8-16)45-30(42)40-31(2,3)4)20-5-6-37-13-25(20)38-29(41)28-24(36)12-23(35)27(39-28)26-21(33)10-18(11-22(26)34)32(43)14-44-15-32/h5-6,10-13,16-17,19,43H,7-9,14-15,36H2,1-4H3,(H,38,41)(H,40,42)/t16-,17+,19-/m0/s1. The van der Waals surface area contributed by atoms with Crippen molar-refractivity contribution in [3.63, 3.8) is 0 Å². The third kappa shape index (κ3) is 7.04. The molecule has 10 nitrogen and oxygen atoms in total. The van der Waals surface area contributed by atoms with Crippen LogP contribution in [-0.4, -0.2) is 51.9 Å². The topological polar surface area (TPSA) is 149 Å². The Kier molecular flexibility index (Phi) is 8.78. The fraction of sp³-hybridized carbons (Fsp3) is 0.438. The van der Waals surface area contributed by atoms with Crippen molar-refractivity contribution in [2.45, 2.75) is 70.1 Å². The summed E-state index contributed by atoms with van der Waals surface area (Å²) in [5.41, 5.74) is 2.58. The van der Waals surface area contributed by atoms with Crippen molar-refractivity contribution in [2.75, 3.05) is 24.3 Å². The molecule has 3 heterocycles. The molecule has 5 N–H and O–H groups in total. The molecule has 0 spiro atoms. The second kappa shape index (κ2) is 12.3. The lowest BCUT2D eigenvalue weighted by Gasteiger charge is -2.36. The normalized spacial score (nSPS) is 21.0. The second-order valence-corrected chi connectivity index (χ2v) is 12.9. The number of aromatic nitrogens is 2. The fourth-order valence-electron chi connectivity index (χ4n) is 5.82. The molecule has 2 amide bonds. The molecule has 1 aromatic carbocycles. The number of anilines is 2. The molecule has 1 aliphatic heterocycles. The first kappa shape index (κ1) is 32.2. The van der Waals surface area contributed by atoms with Gasteiger partial charge in [-0.05, 0) is 81.2 Å². The molecule has 0 bridgehead atoms. The highest BCUT2D eigenvalue weighted by Crippen LogP contribution is 2.40. The van der Waals surface area contributed by atoms with E-state index in [1.54, 1.807) is 12.3 Å². The number of halogens is 3. The third-order valence-corrected chi connectivity index (χ3v) is 7.91. The maximum absolute atomic E-state index is 15.2. The number of aliphatic hydroxyl groups is 1. The van der Waals surface area contributed by atoms with Crippen molar-refractivity contribution in [3.8, 4) is 11.3 Å². The van der Waals surface area contributed by atoms with Crippen LogP contribution in [0.3, 0.4) is 0 Å². The Labute approximate surface area is 258 Å². The van der Waals surface area contributed by atoms with Gasteiger partial charge in [-0.3, -0.25) is 9.78 Å². The number of nitrogens with two attached hydrogens (primary N) is 1. The van der Waals surface area contributed by atoms with Crippen LogP contribution in [0.15, 0.2) is 36.7 Å². The minimum absolute atomic E-state index is 0.0649. The van der Waals surface area contributed by atoms with Gasteiger partial charge >= 0.3 is 6.09 Å². The molecule has 13 heteroatoms. The number of nitrogens with one attached hydrogen (secondary N) is 2. The van der Waals surface area contributed by atoms with Crippen LogP contribution in [-0.2, 0) is 15.1 Å². The second-order valence-electron chi connectivity index (χ2n) is 12.9. The van der Waals surface area contributed by atoms with Gasteiger partial charge in [0, 0.05) is 17.8 Å². The lowest BCUT2D eigenvalue weighted by Crippen LogP contribution is -2.46. The SMILES string of the molecule is C[C@@H]1C[C@H](OC(=O)NC(C)(C)C)C[C@H](c2ccncc2NC(=O)c2nc(-c3c(F)cc(C4(O)COC4)cc3F)c(F)cc2N)C1. The number of rotatable bonds is 6. The average molecular weight is 628 g/mol. The summed E-state index contributed by atoms with van der Waals surface area (Å²) in [6.07, 6.45) is 4.10. The Hall–Kier alpha value is -4.23. The van der Waals surface area contributed by atoms with Gasteiger partial charge in [-0.1, -0.05) is 6.92 Å². The number of nitrogens with zero attached hydrogens (tertiary/aromatic N) is 2. The molecular weight excluding hydrogens is 591 g/mol. The molecule has 2 aromatic heterocycles. The quantitative estimate of drug-likeness (QED) is 0.284. The third-order valence-electron chi connectivity index (χ3n) is 7.91. The fourth-order valence-corrected chi connectivity index (χ4v) is 5.82. The van der Waals surface area contributed by atoms with E-state index in [9.17, 15) is 14.7 Å². The van der Waals surface area contributed by atoms with Gasteiger partial charge < -0.3 is 30.9 Å². The van der Waals surface area contributed by atoms with Crippen molar-refractivity contribution in [3.05, 3.63) is 70.9 Å². The number of alkyl carbamates (subject to hydrolysis) is 1. The van der Waals surface area contributed by atoms with Crippen molar-refractivity contribution in [1.29, 1.82) is 0 Å². The van der Waals surface area contributed by atoms with E-state index >= 15 is 13.2 Å². The van der Waals surface area contributed by atoms with Gasteiger partial charge in [-0.15, -0.1) is 0 Å². The Morgan fingerprint density at radius 1 is 1.09 bits per heavy atom. The zero-order valence-electron chi connectivity index (χ0n) is 25.4. The van der Waals surface area contributed by atoms with Crippen LogP contribution in [0.4, 0.5) is 29.3 Å². The lowest BCUT2D eigenvalue weighted by molar-refractivity contribution is -0.184. The van der Waals surface area contributed by atoms with Crippen LogP contribution in [0.2, 0.25) is 0 Å². The summed E-state index contributed by atoms with van der Waals surface area (Å²) in [4.78, 5) is 34.0. The average Bonchev–Trinajstić information content (AvgIpc) is 2.91. The van der Waals surface area contributed by atoms with E-state index in [0.29, 0.717) is 18.5 Å². The Balaban J connectivity index is 1.39. The monoisotopic (exact) mass is 627 g/mol. The first-order valence-corrected chi connectivity index (χ1v) is 14.6. The van der Waals surface area contributed by atoms with Gasteiger partial charge in [0.05, 0.1) is 36.3 Å². The van der Waals surface area contributed by atoms with E-state index in [1.807, 2.05) is 20.8 Å². The number of carbonyl (C=O) groups is 2. The van der Waals surface area contributed by atoms with Crippen molar-refractivity contribution in [1.82, 2.24) is 15.3 Å². The Morgan fingerprint density at radius 3 is 2.40 bits per heavy atom. The molecule has 45 heavy (non-hydrogen) atoms. The van der Waals surface area contributed by atoms with E-state index in [1.165, 1.54) is 6.20 Å². The maximum Gasteiger partial charge on any atom is 0.407 e. The summed E-state index contributed by atoms with van der Waals surface area (Å²) in [6.45, 7) is 7.35. The predicted octanol–water partition coefficient (Wildman–Crippen LogP) is 5.41. The van der Waals surface area contributed by atoms with E-state index in [2.05, 4.69) is 27.5 Å². The Morgan fingerprint density at radius 2 is 1.78 bits per heavy atom. The number of ether oxygens (including phenoxy) is 2. The molecule has 2 fully saturated rings. The highest BCUT2D eigenvalue weighted by molar-refractivity contribution is 6.07. The highest BCUT2D eigenvalue weighted by atomic mass is 19.1. The van der Waals surface area contributed by atoms with Crippen molar-refractivity contribution in [2.24, 2.45) is 5.92 Å². The molecule has 3 aromatic rings. The molecule has 1 aliphatic carbocycles. The minimum atomic E-state index is -1.55. The molecule has 0 radical (unpaired) electrons. The molecule has 1 saturated carbocycles. The molecule has 5 rings (SSSR count). The number of nitrogen functional groups attached to an aromatic ring is 1. The number of pyridine rings is 2. The molecule has 3 atom stereocenters.